The molecular weight excluding hydrogens is 418 g/mol. The van der Waals surface area contributed by atoms with Crippen LogP contribution in [-0.2, 0) is 19.2 Å². The van der Waals surface area contributed by atoms with Gasteiger partial charge in [0.2, 0.25) is 17.7 Å². The maximum Gasteiger partial charge on any atom is 0.326 e. The van der Waals surface area contributed by atoms with Gasteiger partial charge in [-0.05, 0) is 19.8 Å². The van der Waals surface area contributed by atoms with Gasteiger partial charge in [-0.1, -0.05) is 0 Å². The maximum atomic E-state index is 12.3. The zero-order chi connectivity index (χ0) is 24.1. The first-order valence-electron chi connectivity index (χ1n) is 9.29. The maximum absolute atomic E-state index is 12.3. The van der Waals surface area contributed by atoms with E-state index in [4.69, 9.17) is 17.2 Å². The summed E-state index contributed by atoms with van der Waals surface area (Å²) in [7, 11) is 0. The number of nitrogens with zero attached hydrogens (tertiary/aromatic N) is 1. The molecule has 178 valence electrons. The van der Waals surface area contributed by atoms with Crippen LogP contribution >= 0.6 is 0 Å². The molecule has 15 nitrogen and oxygen atoms in total. The molecule has 0 aliphatic heterocycles. The van der Waals surface area contributed by atoms with Gasteiger partial charge in [-0.3, -0.25) is 19.4 Å². The highest BCUT2D eigenvalue weighted by atomic mass is 16.4. The van der Waals surface area contributed by atoms with Crippen molar-refractivity contribution in [2.75, 3.05) is 19.8 Å². The average molecular weight is 449 g/mol. The van der Waals surface area contributed by atoms with Gasteiger partial charge in [0.1, 0.15) is 24.2 Å². The molecule has 5 unspecified atom stereocenters. The standard InChI is InChI=1S/C16H31N7O8/c1-7(26)11(17)14(29)23-10(6-25)13(28)22-9(5-24)12(27)21-8(15(30)31)3-2-4-20-16(18)19/h7-11,24-26H,2-6,17H2,1H3,(H,21,27)(H,22,28)(H,23,29)(H,30,31)(H4,18,19,20). The third kappa shape index (κ3) is 10.5. The van der Waals surface area contributed by atoms with Gasteiger partial charge < -0.3 is 53.6 Å². The second kappa shape index (κ2) is 14.1. The molecule has 0 aliphatic carbocycles. The molecule has 15 heteroatoms. The summed E-state index contributed by atoms with van der Waals surface area (Å²) in [5.74, 6) is -4.50. The van der Waals surface area contributed by atoms with E-state index in [9.17, 15) is 39.6 Å². The van der Waals surface area contributed by atoms with Crippen molar-refractivity contribution in [2.45, 2.75) is 50.0 Å². The Hall–Kier alpha value is -3.01. The van der Waals surface area contributed by atoms with Crippen LogP contribution < -0.4 is 33.2 Å². The van der Waals surface area contributed by atoms with Gasteiger partial charge in [0.25, 0.3) is 0 Å². The minimum absolute atomic E-state index is 0.0312. The summed E-state index contributed by atoms with van der Waals surface area (Å²) in [4.78, 5) is 51.4. The Morgan fingerprint density at radius 3 is 1.74 bits per heavy atom. The minimum Gasteiger partial charge on any atom is -0.480 e. The highest BCUT2D eigenvalue weighted by Gasteiger charge is 2.30. The van der Waals surface area contributed by atoms with Gasteiger partial charge >= 0.3 is 5.97 Å². The lowest BCUT2D eigenvalue weighted by molar-refractivity contribution is -0.142. The Morgan fingerprint density at radius 2 is 1.35 bits per heavy atom. The van der Waals surface area contributed by atoms with E-state index in [1.165, 1.54) is 6.92 Å². The largest absolute Gasteiger partial charge is 0.480 e. The molecule has 0 aromatic rings. The fraction of sp³-hybridized carbons (Fsp3) is 0.688. The van der Waals surface area contributed by atoms with Gasteiger partial charge in [-0.2, -0.15) is 0 Å². The Labute approximate surface area is 178 Å². The molecule has 13 N–H and O–H groups in total. The SMILES string of the molecule is CC(O)C(N)C(=O)NC(CO)C(=O)NC(CO)C(=O)NC(CCCN=C(N)N)C(=O)O. The van der Waals surface area contributed by atoms with Crippen molar-refractivity contribution in [3.63, 3.8) is 0 Å². The monoisotopic (exact) mass is 449 g/mol. The van der Waals surface area contributed by atoms with E-state index in [2.05, 4.69) is 20.9 Å². The van der Waals surface area contributed by atoms with E-state index in [1.54, 1.807) is 0 Å². The molecule has 0 aromatic carbocycles. The number of amides is 3. The highest BCUT2D eigenvalue weighted by molar-refractivity contribution is 5.94. The van der Waals surface area contributed by atoms with Crippen LogP contribution in [-0.4, -0.2) is 100 Å². The normalized spacial score (nSPS) is 15.5. The number of aliphatic hydroxyl groups excluding tert-OH is 3. The highest BCUT2D eigenvalue weighted by Crippen LogP contribution is 2.00. The number of hydrogen-bond acceptors (Lipinski definition) is 9. The predicted molar refractivity (Wildman–Crippen MR) is 107 cm³/mol. The second-order valence-electron chi connectivity index (χ2n) is 6.60. The number of guanidine groups is 1. The Kier molecular flexibility index (Phi) is 12.7. The molecule has 0 saturated carbocycles. The van der Waals surface area contributed by atoms with Crippen molar-refractivity contribution in [3.05, 3.63) is 0 Å². The number of carboxylic acids is 1. The van der Waals surface area contributed by atoms with Crippen LogP contribution in [0.5, 0.6) is 0 Å². The van der Waals surface area contributed by atoms with Crippen molar-refractivity contribution < 1.29 is 39.6 Å². The van der Waals surface area contributed by atoms with Crippen LogP contribution in [0.25, 0.3) is 0 Å². The molecule has 0 rings (SSSR count). The van der Waals surface area contributed by atoms with Gasteiger partial charge in [0.05, 0.1) is 19.3 Å². The lowest BCUT2D eigenvalue weighted by Crippen LogP contribution is -2.59. The van der Waals surface area contributed by atoms with Crippen molar-refractivity contribution in [3.8, 4) is 0 Å². The van der Waals surface area contributed by atoms with E-state index in [-0.39, 0.29) is 25.3 Å². The fourth-order valence-electron chi connectivity index (χ4n) is 2.18. The molecule has 0 aromatic heterocycles. The number of carbonyl (C=O) groups is 4. The average Bonchev–Trinajstić information content (AvgIpc) is 2.70. The number of hydrogen-bond donors (Lipinski definition) is 10. The quantitative estimate of drug-likeness (QED) is 0.0677. The van der Waals surface area contributed by atoms with Gasteiger partial charge in [-0.25, -0.2) is 4.79 Å². The van der Waals surface area contributed by atoms with E-state index < -0.39 is 67.2 Å². The Bertz CT molecular complexity index is 654. The van der Waals surface area contributed by atoms with Crippen molar-refractivity contribution in [1.29, 1.82) is 0 Å². The van der Waals surface area contributed by atoms with E-state index in [0.29, 0.717) is 0 Å². The zero-order valence-corrected chi connectivity index (χ0v) is 17.0. The molecule has 0 saturated heterocycles. The van der Waals surface area contributed by atoms with Gasteiger partial charge in [0.15, 0.2) is 5.96 Å². The molecule has 31 heavy (non-hydrogen) atoms. The molecule has 5 atom stereocenters. The van der Waals surface area contributed by atoms with Crippen LogP contribution in [0.3, 0.4) is 0 Å². The van der Waals surface area contributed by atoms with E-state index in [0.717, 1.165) is 0 Å². The first-order chi connectivity index (χ1) is 14.4. The van der Waals surface area contributed by atoms with Gasteiger partial charge in [0, 0.05) is 6.54 Å². The summed E-state index contributed by atoms with van der Waals surface area (Å²) in [6.45, 7) is -0.376. The summed E-state index contributed by atoms with van der Waals surface area (Å²) in [6, 6.07) is -5.81. The molecule has 0 aliphatic rings. The summed E-state index contributed by atoms with van der Waals surface area (Å²) in [5.41, 5.74) is 15.8. The van der Waals surface area contributed by atoms with Crippen LogP contribution in [0.4, 0.5) is 0 Å². The third-order valence-corrected chi connectivity index (χ3v) is 4.01. The number of nitrogens with one attached hydrogen (secondary N) is 3. The number of aliphatic imine (C=N–C) groups is 1. The summed E-state index contributed by atoms with van der Waals surface area (Å²) in [5, 5.41) is 43.6. The molecular formula is C16H31N7O8. The van der Waals surface area contributed by atoms with Crippen LogP contribution in [0.2, 0.25) is 0 Å². The number of carboxylic acid groups (broad SMARTS) is 1. The summed E-state index contributed by atoms with van der Waals surface area (Å²) < 4.78 is 0. The van der Waals surface area contributed by atoms with E-state index >= 15 is 0 Å². The molecule has 0 heterocycles. The topological polar surface area (TPSA) is 276 Å². The van der Waals surface area contributed by atoms with Crippen LogP contribution in [0.1, 0.15) is 19.8 Å². The first kappa shape index (κ1) is 28.0. The van der Waals surface area contributed by atoms with Crippen molar-refractivity contribution in [2.24, 2.45) is 22.2 Å². The Balaban J connectivity index is 4.97. The lowest BCUT2D eigenvalue weighted by atomic mass is 10.1. The van der Waals surface area contributed by atoms with Crippen molar-refractivity contribution >= 4 is 29.7 Å². The smallest absolute Gasteiger partial charge is 0.326 e. The number of carbonyl (C=O) groups excluding carboxylic acids is 3. The van der Waals surface area contributed by atoms with Crippen LogP contribution in [0, 0.1) is 0 Å². The second-order valence-corrected chi connectivity index (χ2v) is 6.60. The Morgan fingerprint density at radius 1 is 0.903 bits per heavy atom. The molecule has 0 fully saturated rings. The number of aliphatic hydroxyl groups is 3. The molecule has 0 spiro atoms. The third-order valence-electron chi connectivity index (χ3n) is 4.01. The molecule has 0 radical (unpaired) electrons. The molecule has 0 bridgehead atoms. The summed E-state index contributed by atoms with van der Waals surface area (Å²) in [6.07, 6.45) is -1.03. The first-order valence-corrected chi connectivity index (χ1v) is 9.29. The fourth-order valence-corrected chi connectivity index (χ4v) is 2.18. The van der Waals surface area contributed by atoms with E-state index in [1.807, 2.05) is 0 Å². The number of aliphatic carboxylic acids is 1. The zero-order valence-electron chi connectivity index (χ0n) is 17.0. The predicted octanol–water partition coefficient (Wildman–Crippen LogP) is -5.73. The lowest BCUT2D eigenvalue weighted by Gasteiger charge is -2.23. The van der Waals surface area contributed by atoms with Crippen molar-refractivity contribution in [1.82, 2.24) is 16.0 Å². The van der Waals surface area contributed by atoms with Gasteiger partial charge in [-0.15, -0.1) is 0 Å². The summed E-state index contributed by atoms with van der Waals surface area (Å²) >= 11 is 0. The molecule has 3 amide bonds. The number of nitrogens with two attached hydrogens (primary N) is 3. The van der Waals surface area contributed by atoms with Crippen LogP contribution in [0.15, 0.2) is 4.99 Å². The minimum atomic E-state index is -1.57. The number of rotatable bonds is 14.